The van der Waals surface area contributed by atoms with Crippen molar-refractivity contribution in [3.8, 4) is 11.5 Å². The van der Waals surface area contributed by atoms with Crippen molar-refractivity contribution >= 4 is 17.4 Å². The molecule has 6 nitrogen and oxygen atoms in total. The minimum Gasteiger partial charge on any atom is -0.507 e. The van der Waals surface area contributed by atoms with Gasteiger partial charge in [0.15, 0.2) is 0 Å². The Hall–Kier alpha value is -4.84. The minimum absolute atomic E-state index is 0.0496. The molecule has 1 N–H and O–H groups in total. The smallest absolute Gasteiger partial charge is 0.295 e. The Morgan fingerprint density at radius 2 is 1.59 bits per heavy atom. The normalized spacial score (nSPS) is 19.2. The van der Waals surface area contributed by atoms with Gasteiger partial charge in [-0.1, -0.05) is 72.8 Å². The second-order valence-corrected chi connectivity index (χ2v) is 10.5. The van der Waals surface area contributed by atoms with Gasteiger partial charge >= 0.3 is 0 Å². The van der Waals surface area contributed by atoms with Gasteiger partial charge in [0.25, 0.3) is 11.7 Å². The molecular formula is C35H31NO5. The maximum absolute atomic E-state index is 13.5. The van der Waals surface area contributed by atoms with Crippen LogP contribution in [0.4, 0.5) is 0 Å². The van der Waals surface area contributed by atoms with Crippen LogP contribution in [-0.4, -0.2) is 34.3 Å². The summed E-state index contributed by atoms with van der Waals surface area (Å²) in [5.74, 6) is -0.0287. The largest absolute Gasteiger partial charge is 0.507 e. The molecule has 0 bridgehead atoms. The number of ketones is 1. The SMILES string of the molecule is C[C@@H]1Cc2cc(C(O)=C3C(=O)C(=O)N(CCc4ccccc4)[C@@H]3c3ccc(OCc4ccccc4)cc3)ccc2O1. The summed E-state index contributed by atoms with van der Waals surface area (Å²) in [6.07, 6.45) is 1.35. The van der Waals surface area contributed by atoms with E-state index in [0.717, 1.165) is 34.4 Å². The summed E-state index contributed by atoms with van der Waals surface area (Å²) in [6, 6.07) is 31.8. The average Bonchev–Trinajstić information content (AvgIpc) is 3.50. The number of carbonyl (C=O) groups is 2. The van der Waals surface area contributed by atoms with Crippen molar-refractivity contribution in [3.05, 3.63) is 137 Å². The Balaban J connectivity index is 1.34. The first-order valence-corrected chi connectivity index (χ1v) is 13.9. The molecule has 1 amide bonds. The first-order valence-electron chi connectivity index (χ1n) is 13.9. The molecule has 0 unspecified atom stereocenters. The van der Waals surface area contributed by atoms with Crippen molar-refractivity contribution in [1.29, 1.82) is 0 Å². The zero-order valence-electron chi connectivity index (χ0n) is 22.8. The van der Waals surface area contributed by atoms with Gasteiger partial charge in [-0.3, -0.25) is 9.59 Å². The van der Waals surface area contributed by atoms with Crippen molar-refractivity contribution < 1.29 is 24.2 Å². The van der Waals surface area contributed by atoms with Crippen molar-refractivity contribution in [1.82, 2.24) is 4.90 Å². The maximum atomic E-state index is 13.5. The predicted octanol–water partition coefficient (Wildman–Crippen LogP) is 6.25. The van der Waals surface area contributed by atoms with Crippen LogP contribution in [0.2, 0.25) is 0 Å². The van der Waals surface area contributed by atoms with Crippen molar-refractivity contribution in [2.75, 3.05) is 6.54 Å². The van der Waals surface area contributed by atoms with Gasteiger partial charge in [-0.2, -0.15) is 0 Å². The second-order valence-electron chi connectivity index (χ2n) is 10.5. The molecule has 0 aliphatic carbocycles. The summed E-state index contributed by atoms with van der Waals surface area (Å²) < 4.78 is 11.8. The lowest BCUT2D eigenvalue weighted by molar-refractivity contribution is -0.139. The van der Waals surface area contributed by atoms with Crippen LogP contribution in [0, 0.1) is 0 Å². The van der Waals surface area contributed by atoms with Gasteiger partial charge in [-0.05, 0) is 65.9 Å². The average molecular weight is 546 g/mol. The van der Waals surface area contributed by atoms with Gasteiger partial charge in [0, 0.05) is 18.5 Å². The molecule has 6 heteroatoms. The van der Waals surface area contributed by atoms with Crippen LogP contribution in [0.25, 0.3) is 5.76 Å². The molecule has 206 valence electrons. The Bertz CT molecular complexity index is 1600. The lowest BCUT2D eigenvalue weighted by atomic mass is 9.94. The molecule has 0 saturated carbocycles. The number of rotatable bonds is 8. The van der Waals surface area contributed by atoms with Gasteiger partial charge in [0.05, 0.1) is 11.6 Å². The van der Waals surface area contributed by atoms with E-state index in [1.807, 2.05) is 104 Å². The van der Waals surface area contributed by atoms with E-state index in [9.17, 15) is 14.7 Å². The number of likely N-dealkylation sites (tertiary alicyclic amines) is 1. The molecule has 1 fully saturated rings. The number of aliphatic hydroxyl groups is 1. The molecular weight excluding hydrogens is 514 g/mol. The number of hydrogen-bond acceptors (Lipinski definition) is 5. The van der Waals surface area contributed by atoms with E-state index in [4.69, 9.17) is 9.47 Å². The van der Waals surface area contributed by atoms with E-state index >= 15 is 0 Å². The monoisotopic (exact) mass is 545 g/mol. The van der Waals surface area contributed by atoms with Crippen LogP contribution >= 0.6 is 0 Å². The lowest BCUT2D eigenvalue weighted by Crippen LogP contribution is -2.31. The van der Waals surface area contributed by atoms with Gasteiger partial charge in [-0.25, -0.2) is 0 Å². The molecule has 4 aromatic rings. The predicted molar refractivity (Wildman–Crippen MR) is 157 cm³/mol. The number of nitrogens with zero attached hydrogens (tertiary/aromatic N) is 1. The molecule has 0 radical (unpaired) electrons. The number of amides is 1. The number of carbonyl (C=O) groups excluding carboxylic acids is 2. The van der Waals surface area contributed by atoms with Crippen LogP contribution in [0.3, 0.4) is 0 Å². The zero-order valence-corrected chi connectivity index (χ0v) is 22.8. The van der Waals surface area contributed by atoms with Crippen LogP contribution < -0.4 is 9.47 Å². The Morgan fingerprint density at radius 1 is 0.902 bits per heavy atom. The third kappa shape index (κ3) is 5.46. The van der Waals surface area contributed by atoms with Crippen molar-refractivity contribution in [2.45, 2.75) is 38.5 Å². The number of Topliss-reactive ketones (excluding diaryl/α,β-unsaturated/α-hetero) is 1. The van der Waals surface area contributed by atoms with E-state index in [-0.39, 0.29) is 17.4 Å². The van der Waals surface area contributed by atoms with E-state index < -0.39 is 17.7 Å². The van der Waals surface area contributed by atoms with E-state index in [1.165, 1.54) is 0 Å². The molecule has 2 aliphatic heterocycles. The summed E-state index contributed by atoms with van der Waals surface area (Å²) in [5.41, 5.74) is 4.40. The molecule has 0 aromatic heterocycles. The topological polar surface area (TPSA) is 76.1 Å². The molecule has 2 aliphatic rings. The molecule has 2 atom stereocenters. The first kappa shape index (κ1) is 26.4. The Morgan fingerprint density at radius 3 is 2.29 bits per heavy atom. The van der Waals surface area contributed by atoms with Crippen LogP contribution in [0.1, 0.15) is 40.8 Å². The summed E-state index contributed by atoms with van der Waals surface area (Å²) >= 11 is 0. The second kappa shape index (κ2) is 11.3. The molecule has 6 rings (SSSR count). The Labute approximate surface area is 239 Å². The summed E-state index contributed by atoms with van der Waals surface area (Å²) in [7, 11) is 0. The number of ether oxygens (including phenoxy) is 2. The highest BCUT2D eigenvalue weighted by Crippen LogP contribution is 2.41. The van der Waals surface area contributed by atoms with Crippen LogP contribution in [0.15, 0.2) is 109 Å². The summed E-state index contributed by atoms with van der Waals surface area (Å²) in [5, 5.41) is 11.5. The van der Waals surface area contributed by atoms with Crippen molar-refractivity contribution in [2.24, 2.45) is 0 Å². The first-order chi connectivity index (χ1) is 20.0. The van der Waals surface area contributed by atoms with Gasteiger partial charge in [0.2, 0.25) is 0 Å². The molecule has 1 saturated heterocycles. The highest BCUT2D eigenvalue weighted by Gasteiger charge is 2.46. The maximum Gasteiger partial charge on any atom is 0.295 e. The molecule has 41 heavy (non-hydrogen) atoms. The quantitative estimate of drug-likeness (QED) is 0.161. The van der Waals surface area contributed by atoms with E-state index in [1.54, 1.807) is 11.0 Å². The standard InChI is InChI=1S/C35H31NO5/c1-23-20-28-21-27(14-17-30(28)41-23)33(37)31-32(36(35(39)34(31)38)19-18-24-8-4-2-5-9-24)26-12-15-29(16-13-26)40-22-25-10-6-3-7-11-25/h2-17,21,23,32,37H,18-20,22H2,1H3/t23-,32-/m1/s1. The number of aliphatic hydroxyl groups excluding tert-OH is 1. The fourth-order valence-electron chi connectivity index (χ4n) is 5.56. The molecule has 0 spiro atoms. The van der Waals surface area contributed by atoms with Gasteiger partial charge in [0.1, 0.15) is 30.0 Å². The fraction of sp³-hybridized carbons (Fsp3) is 0.200. The van der Waals surface area contributed by atoms with Crippen molar-refractivity contribution in [3.63, 3.8) is 0 Å². The lowest BCUT2D eigenvalue weighted by Gasteiger charge is -2.25. The van der Waals surface area contributed by atoms with Crippen LogP contribution in [0.5, 0.6) is 11.5 Å². The fourth-order valence-corrected chi connectivity index (χ4v) is 5.56. The summed E-state index contributed by atoms with van der Waals surface area (Å²) in [6.45, 7) is 2.75. The van der Waals surface area contributed by atoms with Crippen LogP contribution in [-0.2, 0) is 29.0 Å². The summed E-state index contributed by atoms with van der Waals surface area (Å²) in [4.78, 5) is 28.4. The van der Waals surface area contributed by atoms with E-state index in [0.29, 0.717) is 30.9 Å². The molecule has 4 aromatic carbocycles. The van der Waals surface area contributed by atoms with Gasteiger partial charge in [-0.15, -0.1) is 0 Å². The number of benzene rings is 4. The third-order valence-corrected chi connectivity index (χ3v) is 7.64. The zero-order chi connectivity index (χ0) is 28.3. The highest BCUT2D eigenvalue weighted by molar-refractivity contribution is 6.46. The third-order valence-electron chi connectivity index (χ3n) is 7.64. The number of fused-ring (bicyclic) bond motifs is 1. The Kier molecular flexibility index (Phi) is 7.30. The van der Waals surface area contributed by atoms with Gasteiger partial charge < -0.3 is 19.5 Å². The minimum atomic E-state index is -0.731. The molecule has 2 heterocycles. The number of hydrogen-bond donors (Lipinski definition) is 1. The van der Waals surface area contributed by atoms with E-state index in [2.05, 4.69) is 0 Å². The highest BCUT2D eigenvalue weighted by atomic mass is 16.5.